The number of carbonyl (C=O) groups is 1. The lowest BCUT2D eigenvalue weighted by Gasteiger charge is -2.23. The molecule has 5 rings (SSSR count). The molecule has 1 aromatic heterocycles. The smallest absolute Gasteiger partial charge is 0.242 e. The lowest BCUT2D eigenvalue weighted by atomic mass is 10.2. The van der Waals surface area contributed by atoms with Crippen LogP contribution in [0, 0.1) is 0 Å². The third kappa shape index (κ3) is 5.53. The maximum atomic E-state index is 13.6. The van der Waals surface area contributed by atoms with E-state index in [1.807, 2.05) is 114 Å². The zero-order valence-electron chi connectivity index (χ0n) is 20.0. The standard InChI is InChI=1S/C29H23ClN4O2S/c1-36-26-18-16-25(17-19-26)34-28(21-12-14-22(30)15-13-21)31-32-29(34)37-20-27(35)33(23-8-4-2-5-9-23)24-10-6-3-7-11-24/h2-19H,20H2,1H3. The first-order valence-corrected chi connectivity index (χ1v) is 12.9. The van der Waals surface area contributed by atoms with Crippen molar-refractivity contribution < 1.29 is 9.53 Å². The summed E-state index contributed by atoms with van der Waals surface area (Å²) in [5.74, 6) is 1.49. The number of nitrogens with zero attached hydrogens (tertiary/aromatic N) is 4. The van der Waals surface area contributed by atoms with Gasteiger partial charge in [0.15, 0.2) is 11.0 Å². The van der Waals surface area contributed by atoms with Crippen LogP contribution in [0.25, 0.3) is 17.1 Å². The van der Waals surface area contributed by atoms with Gasteiger partial charge >= 0.3 is 0 Å². The number of methoxy groups -OCH3 is 1. The molecule has 0 aliphatic heterocycles. The van der Waals surface area contributed by atoms with Crippen LogP contribution in [-0.2, 0) is 4.79 Å². The number of halogens is 1. The Morgan fingerprint density at radius 3 is 2.00 bits per heavy atom. The van der Waals surface area contributed by atoms with Gasteiger partial charge in [0, 0.05) is 27.6 Å². The van der Waals surface area contributed by atoms with Gasteiger partial charge < -0.3 is 4.74 Å². The number of hydrogen-bond donors (Lipinski definition) is 0. The van der Waals surface area contributed by atoms with Gasteiger partial charge in [0.05, 0.1) is 12.9 Å². The molecule has 0 bridgehead atoms. The molecule has 0 spiro atoms. The summed E-state index contributed by atoms with van der Waals surface area (Å²) >= 11 is 7.44. The zero-order chi connectivity index (χ0) is 25.6. The molecular formula is C29H23ClN4O2S. The predicted molar refractivity (Wildman–Crippen MR) is 149 cm³/mol. The summed E-state index contributed by atoms with van der Waals surface area (Å²) in [4.78, 5) is 15.3. The van der Waals surface area contributed by atoms with Gasteiger partial charge in [0.1, 0.15) is 5.75 Å². The van der Waals surface area contributed by atoms with Gasteiger partial charge in [-0.3, -0.25) is 14.3 Å². The maximum absolute atomic E-state index is 13.6. The Kier molecular flexibility index (Phi) is 7.54. The van der Waals surface area contributed by atoms with Crippen molar-refractivity contribution >= 4 is 40.6 Å². The van der Waals surface area contributed by atoms with Crippen LogP contribution in [0.15, 0.2) is 114 Å². The van der Waals surface area contributed by atoms with E-state index < -0.39 is 0 Å². The average molecular weight is 527 g/mol. The number of carbonyl (C=O) groups excluding carboxylic acids is 1. The Morgan fingerprint density at radius 2 is 1.43 bits per heavy atom. The molecule has 0 saturated heterocycles. The van der Waals surface area contributed by atoms with Gasteiger partial charge in [0.2, 0.25) is 5.91 Å². The fraction of sp³-hybridized carbons (Fsp3) is 0.0690. The molecule has 1 amide bonds. The number of hydrogen-bond acceptors (Lipinski definition) is 5. The van der Waals surface area contributed by atoms with Crippen molar-refractivity contribution in [2.45, 2.75) is 5.16 Å². The molecule has 0 N–H and O–H groups in total. The minimum atomic E-state index is -0.0697. The normalized spacial score (nSPS) is 10.8. The van der Waals surface area contributed by atoms with Crippen molar-refractivity contribution in [3.63, 3.8) is 0 Å². The largest absolute Gasteiger partial charge is 0.497 e. The van der Waals surface area contributed by atoms with Crippen LogP contribution in [0.5, 0.6) is 5.75 Å². The summed E-state index contributed by atoms with van der Waals surface area (Å²) in [6, 6.07) is 34.3. The van der Waals surface area contributed by atoms with Gasteiger partial charge in [-0.25, -0.2) is 0 Å². The first-order valence-electron chi connectivity index (χ1n) is 11.6. The van der Waals surface area contributed by atoms with Gasteiger partial charge in [-0.1, -0.05) is 59.8 Å². The Balaban J connectivity index is 1.48. The molecule has 1 heterocycles. The quantitative estimate of drug-likeness (QED) is 0.203. The summed E-state index contributed by atoms with van der Waals surface area (Å²) in [6.45, 7) is 0. The summed E-state index contributed by atoms with van der Waals surface area (Å²) < 4.78 is 7.26. The van der Waals surface area contributed by atoms with E-state index in [2.05, 4.69) is 10.2 Å². The van der Waals surface area contributed by atoms with Crippen molar-refractivity contribution in [2.75, 3.05) is 17.8 Å². The Bertz CT molecular complexity index is 1440. The minimum absolute atomic E-state index is 0.0697. The Labute approximate surface area is 224 Å². The molecule has 0 unspecified atom stereocenters. The second-order valence-electron chi connectivity index (χ2n) is 8.04. The van der Waals surface area contributed by atoms with E-state index in [4.69, 9.17) is 16.3 Å². The van der Waals surface area contributed by atoms with Crippen molar-refractivity contribution in [3.05, 3.63) is 114 Å². The van der Waals surface area contributed by atoms with Crippen LogP contribution in [0.2, 0.25) is 5.02 Å². The molecule has 0 fully saturated rings. The average Bonchev–Trinajstić information content (AvgIpc) is 3.37. The monoisotopic (exact) mass is 526 g/mol. The maximum Gasteiger partial charge on any atom is 0.242 e. The van der Waals surface area contributed by atoms with Crippen LogP contribution >= 0.6 is 23.4 Å². The highest BCUT2D eigenvalue weighted by molar-refractivity contribution is 7.99. The van der Waals surface area contributed by atoms with Crippen molar-refractivity contribution in [1.29, 1.82) is 0 Å². The van der Waals surface area contributed by atoms with Crippen LogP contribution in [0.1, 0.15) is 0 Å². The van der Waals surface area contributed by atoms with Crippen molar-refractivity contribution in [1.82, 2.24) is 14.8 Å². The van der Waals surface area contributed by atoms with Gasteiger partial charge in [-0.2, -0.15) is 0 Å². The van der Waals surface area contributed by atoms with E-state index in [0.717, 1.165) is 28.4 Å². The number of benzene rings is 4. The summed E-state index contributed by atoms with van der Waals surface area (Å²) in [7, 11) is 1.63. The molecule has 0 aliphatic rings. The molecule has 0 radical (unpaired) electrons. The number of anilines is 2. The molecule has 184 valence electrons. The third-order valence-electron chi connectivity index (χ3n) is 5.67. The van der Waals surface area contributed by atoms with Crippen LogP contribution < -0.4 is 9.64 Å². The summed E-state index contributed by atoms with van der Waals surface area (Å²) in [5.41, 5.74) is 3.32. The van der Waals surface area contributed by atoms with Gasteiger partial charge in [-0.05, 0) is 72.8 Å². The van der Waals surface area contributed by atoms with Crippen molar-refractivity contribution in [2.24, 2.45) is 0 Å². The molecule has 0 atom stereocenters. The SMILES string of the molecule is COc1ccc(-n2c(SCC(=O)N(c3ccccc3)c3ccccc3)nnc2-c2ccc(Cl)cc2)cc1. The second kappa shape index (κ2) is 11.3. The lowest BCUT2D eigenvalue weighted by Crippen LogP contribution is -2.27. The van der Waals surface area contributed by atoms with E-state index >= 15 is 0 Å². The third-order valence-corrected chi connectivity index (χ3v) is 6.84. The summed E-state index contributed by atoms with van der Waals surface area (Å²) in [5, 5.41) is 10.2. The van der Waals surface area contributed by atoms with E-state index in [0.29, 0.717) is 16.0 Å². The number of para-hydroxylation sites is 2. The van der Waals surface area contributed by atoms with E-state index in [-0.39, 0.29) is 11.7 Å². The minimum Gasteiger partial charge on any atom is -0.497 e. The van der Waals surface area contributed by atoms with E-state index in [1.54, 1.807) is 12.0 Å². The number of ether oxygens (including phenoxy) is 1. The topological polar surface area (TPSA) is 60.2 Å². The zero-order valence-corrected chi connectivity index (χ0v) is 21.6. The molecular weight excluding hydrogens is 504 g/mol. The van der Waals surface area contributed by atoms with Crippen LogP contribution in [0.3, 0.4) is 0 Å². The first-order chi connectivity index (χ1) is 18.1. The molecule has 8 heteroatoms. The van der Waals surface area contributed by atoms with E-state index in [9.17, 15) is 4.79 Å². The van der Waals surface area contributed by atoms with Gasteiger partial charge in [-0.15, -0.1) is 10.2 Å². The first kappa shape index (κ1) is 24.6. The molecule has 6 nitrogen and oxygen atoms in total. The van der Waals surface area contributed by atoms with E-state index in [1.165, 1.54) is 11.8 Å². The fourth-order valence-electron chi connectivity index (χ4n) is 3.90. The Morgan fingerprint density at radius 1 is 0.838 bits per heavy atom. The number of aromatic nitrogens is 3. The molecule has 4 aromatic carbocycles. The Hall–Kier alpha value is -4.07. The lowest BCUT2D eigenvalue weighted by molar-refractivity contribution is -0.115. The molecule has 5 aromatic rings. The van der Waals surface area contributed by atoms with Crippen molar-refractivity contribution in [3.8, 4) is 22.8 Å². The molecule has 0 saturated carbocycles. The highest BCUT2D eigenvalue weighted by atomic mass is 35.5. The highest BCUT2D eigenvalue weighted by Gasteiger charge is 2.21. The number of rotatable bonds is 8. The highest BCUT2D eigenvalue weighted by Crippen LogP contribution is 2.31. The second-order valence-corrected chi connectivity index (χ2v) is 9.41. The molecule has 0 aliphatic carbocycles. The number of amides is 1. The molecule has 37 heavy (non-hydrogen) atoms. The summed E-state index contributed by atoms with van der Waals surface area (Å²) in [6.07, 6.45) is 0. The van der Waals surface area contributed by atoms with Crippen LogP contribution in [-0.4, -0.2) is 33.5 Å². The predicted octanol–water partition coefficient (Wildman–Crippen LogP) is 7.05. The fourth-order valence-corrected chi connectivity index (χ4v) is 4.82. The van der Waals surface area contributed by atoms with Crippen LogP contribution in [0.4, 0.5) is 11.4 Å². The van der Waals surface area contributed by atoms with Gasteiger partial charge in [0.25, 0.3) is 0 Å². The number of thioether (sulfide) groups is 1.